The lowest BCUT2D eigenvalue weighted by atomic mass is 10.1. The van der Waals surface area contributed by atoms with Crippen molar-refractivity contribution in [3.8, 4) is 17.1 Å². The Hall–Kier alpha value is -2.46. The normalized spacial score (nSPS) is 10.6. The van der Waals surface area contributed by atoms with Gasteiger partial charge in [-0.1, -0.05) is 59.8 Å². The molecule has 0 aliphatic rings. The van der Waals surface area contributed by atoms with E-state index in [1.165, 1.54) is 17.8 Å². The number of rotatable bonds is 3. The predicted octanol–water partition coefficient (Wildman–Crippen LogP) is 4.47. The second-order valence-electron chi connectivity index (χ2n) is 4.90. The smallest absolute Gasteiger partial charge is 0.354 e. The van der Waals surface area contributed by atoms with Crippen LogP contribution in [0.3, 0.4) is 0 Å². The van der Waals surface area contributed by atoms with Crippen LogP contribution in [-0.4, -0.2) is 5.11 Å². The van der Waals surface area contributed by atoms with Crippen LogP contribution in [0.2, 0.25) is 0 Å². The molecule has 1 heterocycles. The van der Waals surface area contributed by atoms with E-state index in [2.05, 4.69) is 0 Å². The Bertz CT molecular complexity index is 854. The first-order valence-corrected chi connectivity index (χ1v) is 7.62. The summed E-state index contributed by atoms with van der Waals surface area (Å²) in [5.74, 6) is 0.290. The Morgan fingerprint density at radius 3 is 2.45 bits per heavy atom. The third-order valence-corrected chi connectivity index (χ3v) is 4.23. The van der Waals surface area contributed by atoms with Crippen LogP contribution in [0.5, 0.6) is 5.75 Å². The standard InChI is InChI=1S/C18H14O3S/c1-12-6-5-9-14(10-12)22-17-15(19)11-16(21-18(17)20)13-7-3-2-4-8-13/h2-11,19H,1H3. The second-order valence-corrected chi connectivity index (χ2v) is 5.98. The molecule has 110 valence electrons. The van der Waals surface area contributed by atoms with Gasteiger partial charge in [-0.2, -0.15) is 0 Å². The van der Waals surface area contributed by atoms with E-state index >= 15 is 0 Å². The van der Waals surface area contributed by atoms with Gasteiger partial charge >= 0.3 is 5.63 Å². The minimum absolute atomic E-state index is 0.0680. The fourth-order valence-electron chi connectivity index (χ4n) is 2.11. The van der Waals surface area contributed by atoms with E-state index in [1.807, 2.05) is 61.5 Å². The summed E-state index contributed by atoms with van der Waals surface area (Å²) in [5.41, 5.74) is 1.31. The molecule has 0 spiro atoms. The molecule has 3 rings (SSSR count). The van der Waals surface area contributed by atoms with E-state index in [0.717, 1.165) is 16.0 Å². The molecule has 0 aliphatic heterocycles. The van der Waals surface area contributed by atoms with E-state index in [1.54, 1.807) is 0 Å². The van der Waals surface area contributed by atoms with Gasteiger partial charge in [-0.3, -0.25) is 0 Å². The van der Waals surface area contributed by atoms with Crippen LogP contribution in [0.1, 0.15) is 5.56 Å². The Morgan fingerprint density at radius 2 is 1.77 bits per heavy atom. The summed E-state index contributed by atoms with van der Waals surface area (Å²) in [6.45, 7) is 1.98. The quantitative estimate of drug-likeness (QED) is 0.775. The first-order chi connectivity index (χ1) is 10.6. The largest absolute Gasteiger partial charge is 0.506 e. The molecule has 0 atom stereocenters. The van der Waals surface area contributed by atoms with E-state index in [-0.39, 0.29) is 10.6 Å². The van der Waals surface area contributed by atoms with Gasteiger partial charge in [0, 0.05) is 16.5 Å². The number of hydrogen-bond donors (Lipinski definition) is 1. The third kappa shape index (κ3) is 3.07. The fourth-order valence-corrected chi connectivity index (χ4v) is 3.02. The summed E-state index contributed by atoms with van der Waals surface area (Å²) in [6.07, 6.45) is 0. The maximum absolute atomic E-state index is 12.2. The van der Waals surface area contributed by atoms with Crippen molar-refractivity contribution in [2.45, 2.75) is 16.7 Å². The average molecular weight is 310 g/mol. The van der Waals surface area contributed by atoms with Gasteiger partial charge in [-0.05, 0) is 19.1 Å². The van der Waals surface area contributed by atoms with Gasteiger partial charge < -0.3 is 9.52 Å². The topological polar surface area (TPSA) is 50.4 Å². The average Bonchev–Trinajstić information content (AvgIpc) is 2.52. The molecule has 0 fully saturated rings. The van der Waals surface area contributed by atoms with Crippen molar-refractivity contribution in [1.29, 1.82) is 0 Å². The molecule has 0 saturated carbocycles. The minimum Gasteiger partial charge on any atom is -0.506 e. The maximum atomic E-state index is 12.2. The molecule has 22 heavy (non-hydrogen) atoms. The molecule has 0 amide bonds. The van der Waals surface area contributed by atoms with E-state index in [0.29, 0.717) is 5.76 Å². The zero-order valence-corrected chi connectivity index (χ0v) is 12.8. The SMILES string of the molecule is Cc1cccc(Sc2c(O)cc(-c3ccccc3)oc2=O)c1. The first kappa shape index (κ1) is 14.5. The molecule has 1 N–H and O–H groups in total. The van der Waals surface area contributed by atoms with Gasteiger partial charge in [0.05, 0.1) is 0 Å². The van der Waals surface area contributed by atoms with Crippen LogP contribution in [0.4, 0.5) is 0 Å². The molecule has 0 radical (unpaired) electrons. The molecule has 0 aliphatic carbocycles. The molecule has 1 aromatic heterocycles. The lowest BCUT2D eigenvalue weighted by Gasteiger charge is -2.06. The van der Waals surface area contributed by atoms with Crippen molar-refractivity contribution in [3.05, 3.63) is 76.6 Å². The highest BCUT2D eigenvalue weighted by atomic mass is 32.2. The number of hydrogen-bond acceptors (Lipinski definition) is 4. The van der Waals surface area contributed by atoms with Crippen LogP contribution in [0.15, 0.2) is 79.7 Å². The zero-order valence-electron chi connectivity index (χ0n) is 11.9. The van der Waals surface area contributed by atoms with Crippen molar-refractivity contribution in [2.24, 2.45) is 0 Å². The summed E-state index contributed by atoms with van der Waals surface area (Å²) < 4.78 is 5.34. The van der Waals surface area contributed by atoms with Crippen LogP contribution in [0.25, 0.3) is 11.3 Å². The van der Waals surface area contributed by atoms with Crippen LogP contribution in [0, 0.1) is 6.92 Å². The number of aromatic hydroxyl groups is 1. The molecule has 0 saturated heterocycles. The molecular formula is C18H14O3S. The lowest BCUT2D eigenvalue weighted by molar-refractivity contribution is 0.430. The van der Waals surface area contributed by atoms with Crippen LogP contribution in [-0.2, 0) is 0 Å². The highest BCUT2D eigenvalue weighted by Crippen LogP contribution is 2.34. The first-order valence-electron chi connectivity index (χ1n) is 6.80. The van der Waals surface area contributed by atoms with Gasteiger partial charge in [0.25, 0.3) is 0 Å². The molecule has 0 unspecified atom stereocenters. The van der Waals surface area contributed by atoms with Gasteiger partial charge in [0.2, 0.25) is 0 Å². The van der Waals surface area contributed by atoms with E-state index in [4.69, 9.17) is 4.42 Å². The number of aryl methyl sites for hydroxylation is 1. The Kier molecular flexibility index (Phi) is 4.02. The van der Waals surface area contributed by atoms with Crippen molar-refractivity contribution in [2.75, 3.05) is 0 Å². The van der Waals surface area contributed by atoms with E-state index in [9.17, 15) is 9.90 Å². The molecular weight excluding hydrogens is 296 g/mol. The minimum atomic E-state index is -0.537. The molecule has 3 nitrogen and oxygen atoms in total. The maximum Gasteiger partial charge on any atom is 0.354 e. The molecule has 2 aromatic carbocycles. The van der Waals surface area contributed by atoms with Gasteiger partial charge in [0.15, 0.2) is 0 Å². The predicted molar refractivity (Wildman–Crippen MR) is 87.4 cm³/mol. The second kappa shape index (κ2) is 6.12. The van der Waals surface area contributed by atoms with Gasteiger partial charge in [-0.25, -0.2) is 4.79 Å². The fraction of sp³-hybridized carbons (Fsp3) is 0.0556. The summed E-state index contributed by atoms with van der Waals surface area (Å²) in [7, 11) is 0. The highest BCUT2D eigenvalue weighted by Gasteiger charge is 2.14. The van der Waals surface area contributed by atoms with E-state index < -0.39 is 5.63 Å². The summed E-state index contributed by atoms with van der Waals surface area (Å²) in [6, 6.07) is 18.4. The van der Waals surface area contributed by atoms with Crippen molar-refractivity contribution in [1.82, 2.24) is 0 Å². The summed E-state index contributed by atoms with van der Waals surface area (Å²) in [5, 5.41) is 10.2. The Labute approximate surface area is 132 Å². The molecule has 0 bridgehead atoms. The zero-order chi connectivity index (χ0) is 15.5. The van der Waals surface area contributed by atoms with Crippen molar-refractivity contribution in [3.63, 3.8) is 0 Å². The molecule has 4 heteroatoms. The molecule has 3 aromatic rings. The van der Waals surface area contributed by atoms with Gasteiger partial charge in [0.1, 0.15) is 16.4 Å². The van der Waals surface area contributed by atoms with Crippen LogP contribution >= 0.6 is 11.8 Å². The highest BCUT2D eigenvalue weighted by molar-refractivity contribution is 7.99. The van der Waals surface area contributed by atoms with Crippen LogP contribution < -0.4 is 5.63 Å². The van der Waals surface area contributed by atoms with Crippen molar-refractivity contribution < 1.29 is 9.52 Å². The van der Waals surface area contributed by atoms with Crippen molar-refractivity contribution >= 4 is 11.8 Å². The summed E-state index contributed by atoms with van der Waals surface area (Å²) >= 11 is 1.20. The Balaban J connectivity index is 1.99. The Morgan fingerprint density at radius 1 is 1.00 bits per heavy atom. The summed E-state index contributed by atoms with van der Waals surface area (Å²) in [4.78, 5) is 13.3. The van der Waals surface area contributed by atoms with Gasteiger partial charge in [-0.15, -0.1) is 0 Å². The lowest BCUT2D eigenvalue weighted by Crippen LogP contribution is -2.02. The number of benzene rings is 2. The third-order valence-electron chi connectivity index (χ3n) is 3.16. The monoisotopic (exact) mass is 310 g/mol.